The second-order valence-corrected chi connectivity index (χ2v) is 2.29. The molecule has 0 fully saturated rings. The molecular weight excluding hydrogens is 169 g/mol. The quantitative estimate of drug-likeness (QED) is 0.602. The third kappa shape index (κ3) is 8.98. The fourth-order valence-corrected chi connectivity index (χ4v) is 0.809. The molecule has 0 saturated carbocycles. The number of carboxylic acids is 1. The molecule has 0 unspecified atom stereocenters. The zero-order chi connectivity index (χ0) is 7.98. The van der Waals surface area contributed by atoms with Crippen LogP contribution in [0, 0.1) is 0 Å². The minimum absolute atomic E-state index is 0. The Bertz CT molecular complexity index is 105. The van der Waals surface area contributed by atoms with Crippen LogP contribution in [0.2, 0.25) is 0 Å². The molecule has 3 nitrogen and oxygen atoms in total. The molecular formula is C7H16KNO2. The molecule has 11 heavy (non-hydrogen) atoms. The first-order valence-electron chi connectivity index (χ1n) is 3.65. The summed E-state index contributed by atoms with van der Waals surface area (Å²) in [6.45, 7) is 4.17. The van der Waals surface area contributed by atoms with Gasteiger partial charge in [-0.05, 0) is 12.8 Å². The molecule has 0 amide bonds. The minimum atomic E-state index is -0.785. The molecule has 0 aromatic heterocycles. The van der Waals surface area contributed by atoms with Gasteiger partial charge in [0.1, 0.15) is 0 Å². The van der Waals surface area contributed by atoms with Gasteiger partial charge in [-0.2, -0.15) is 0 Å². The molecule has 0 aromatic carbocycles. The summed E-state index contributed by atoms with van der Waals surface area (Å²) < 4.78 is 0. The van der Waals surface area contributed by atoms with E-state index in [0.29, 0.717) is 6.04 Å². The van der Waals surface area contributed by atoms with Crippen molar-refractivity contribution in [2.24, 2.45) is 0 Å². The number of nitrogens with one attached hydrogen (secondary N) is 1. The number of carboxylic acid groups (broad SMARTS) is 1. The van der Waals surface area contributed by atoms with Crippen LogP contribution >= 0.6 is 0 Å². The van der Waals surface area contributed by atoms with E-state index >= 15 is 0 Å². The summed E-state index contributed by atoms with van der Waals surface area (Å²) in [4.78, 5) is 10.1. The first-order valence-corrected chi connectivity index (χ1v) is 3.65. The van der Waals surface area contributed by atoms with Crippen LogP contribution in [0.15, 0.2) is 0 Å². The summed E-state index contributed by atoms with van der Waals surface area (Å²) >= 11 is 0. The van der Waals surface area contributed by atoms with E-state index in [-0.39, 0.29) is 57.9 Å². The molecule has 0 heterocycles. The summed E-state index contributed by atoms with van der Waals surface area (Å²) in [6.07, 6.45) is 1.98. The van der Waals surface area contributed by atoms with Crippen molar-refractivity contribution in [1.82, 2.24) is 5.32 Å². The fourth-order valence-electron chi connectivity index (χ4n) is 0.809. The van der Waals surface area contributed by atoms with Crippen LogP contribution < -0.4 is 5.32 Å². The summed E-state index contributed by atoms with van der Waals surface area (Å²) in [5.74, 6) is -0.785. The third-order valence-electron chi connectivity index (χ3n) is 1.53. The number of rotatable bonds is 5. The molecule has 62 valence electrons. The molecule has 0 rings (SSSR count). The summed E-state index contributed by atoms with van der Waals surface area (Å²) in [5, 5.41) is 11.2. The van der Waals surface area contributed by atoms with Crippen molar-refractivity contribution in [2.45, 2.75) is 32.7 Å². The van der Waals surface area contributed by atoms with Gasteiger partial charge in [-0.3, -0.25) is 4.79 Å². The van der Waals surface area contributed by atoms with Crippen molar-refractivity contribution in [3.8, 4) is 0 Å². The van der Waals surface area contributed by atoms with Gasteiger partial charge in [-0.1, -0.05) is 13.8 Å². The SMILES string of the molecule is CCC(CC)NCC(=O)O.[KH]. The summed E-state index contributed by atoms with van der Waals surface area (Å²) in [6, 6.07) is 0.357. The van der Waals surface area contributed by atoms with Crippen LogP contribution in [0.3, 0.4) is 0 Å². The monoisotopic (exact) mass is 185 g/mol. The molecule has 0 aromatic rings. The van der Waals surface area contributed by atoms with Gasteiger partial charge in [-0.25, -0.2) is 0 Å². The van der Waals surface area contributed by atoms with Crippen LogP contribution in [0.1, 0.15) is 26.7 Å². The average Bonchev–Trinajstić information content (AvgIpc) is 1.90. The van der Waals surface area contributed by atoms with Crippen molar-refractivity contribution in [3.05, 3.63) is 0 Å². The molecule has 0 spiro atoms. The maximum atomic E-state index is 10.1. The Morgan fingerprint density at radius 2 is 1.91 bits per heavy atom. The van der Waals surface area contributed by atoms with E-state index in [1.807, 2.05) is 13.8 Å². The van der Waals surface area contributed by atoms with E-state index in [0.717, 1.165) is 12.8 Å². The van der Waals surface area contributed by atoms with Gasteiger partial charge < -0.3 is 10.4 Å². The van der Waals surface area contributed by atoms with Crippen LogP contribution in [0.4, 0.5) is 0 Å². The van der Waals surface area contributed by atoms with Crippen LogP contribution in [-0.4, -0.2) is 75.0 Å². The van der Waals surface area contributed by atoms with E-state index in [4.69, 9.17) is 5.11 Å². The van der Waals surface area contributed by atoms with Crippen LogP contribution in [0.5, 0.6) is 0 Å². The molecule has 0 bridgehead atoms. The second-order valence-electron chi connectivity index (χ2n) is 2.29. The van der Waals surface area contributed by atoms with Crippen molar-refractivity contribution in [2.75, 3.05) is 6.54 Å². The first-order chi connectivity index (χ1) is 4.70. The molecule has 0 saturated heterocycles. The predicted octanol–water partition coefficient (Wildman–Crippen LogP) is 0.201. The van der Waals surface area contributed by atoms with E-state index < -0.39 is 5.97 Å². The van der Waals surface area contributed by atoms with E-state index in [1.165, 1.54) is 0 Å². The first kappa shape index (κ1) is 14.6. The number of hydrogen-bond acceptors (Lipinski definition) is 2. The van der Waals surface area contributed by atoms with E-state index in [9.17, 15) is 4.79 Å². The fraction of sp³-hybridized carbons (Fsp3) is 0.857. The molecule has 2 N–H and O–H groups in total. The van der Waals surface area contributed by atoms with Gasteiger partial charge in [0, 0.05) is 6.04 Å². The average molecular weight is 185 g/mol. The van der Waals surface area contributed by atoms with Crippen molar-refractivity contribution >= 4 is 57.4 Å². The molecule has 0 atom stereocenters. The maximum absolute atomic E-state index is 10.1. The van der Waals surface area contributed by atoms with Gasteiger partial charge in [0.2, 0.25) is 0 Å². The van der Waals surface area contributed by atoms with Gasteiger partial charge in [0.05, 0.1) is 6.54 Å². The predicted molar refractivity (Wildman–Crippen MR) is 47.2 cm³/mol. The summed E-state index contributed by atoms with van der Waals surface area (Å²) in [7, 11) is 0. The number of carbonyl (C=O) groups is 1. The molecule has 0 aliphatic rings. The van der Waals surface area contributed by atoms with E-state index in [1.54, 1.807) is 0 Å². The Morgan fingerprint density at radius 3 is 2.18 bits per heavy atom. The Hall–Kier alpha value is 1.07. The van der Waals surface area contributed by atoms with Gasteiger partial charge in [0.25, 0.3) is 0 Å². The van der Waals surface area contributed by atoms with E-state index in [2.05, 4.69) is 5.32 Å². The zero-order valence-electron chi connectivity index (χ0n) is 6.55. The van der Waals surface area contributed by atoms with Gasteiger partial charge in [0.15, 0.2) is 0 Å². The Labute approximate surface area is 110 Å². The van der Waals surface area contributed by atoms with Crippen LogP contribution in [0.25, 0.3) is 0 Å². The topological polar surface area (TPSA) is 49.3 Å². The number of hydrogen-bond donors (Lipinski definition) is 2. The van der Waals surface area contributed by atoms with Gasteiger partial charge >= 0.3 is 57.4 Å². The standard InChI is InChI=1S/C7H15NO2.K.H/c1-3-6(4-2)8-5-7(9)10;;/h6,8H,3-5H2,1-2H3,(H,9,10);;. The Morgan fingerprint density at radius 1 is 1.45 bits per heavy atom. The normalized spacial score (nSPS) is 9.36. The zero-order valence-corrected chi connectivity index (χ0v) is 6.55. The molecule has 0 aliphatic heterocycles. The van der Waals surface area contributed by atoms with Gasteiger partial charge in [-0.15, -0.1) is 0 Å². The molecule has 0 radical (unpaired) electrons. The Kier molecular flexibility index (Phi) is 12.1. The molecule has 0 aliphatic carbocycles. The molecule has 4 heteroatoms. The number of aliphatic carboxylic acids is 1. The summed E-state index contributed by atoms with van der Waals surface area (Å²) in [5.41, 5.74) is 0. The second kappa shape index (κ2) is 9.16. The van der Waals surface area contributed by atoms with Crippen molar-refractivity contribution < 1.29 is 9.90 Å². The third-order valence-corrected chi connectivity index (χ3v) is 1.53. The van der Waals surface area contributed by atoms with Crippen molar-refractivity contribution in [1.29, 1.82) is 0 Å². The van der Waals surface area contributed by atoms with Crippen molar-refractivity contribution in [3.63, 3.8) is 0 Å². The van der Waals surface area contributed by atoms with Crippen LogP contribution in [-0.2, 0) is 4.79 Å². The Balaban J connectivity index is 0.